The van der Waals surface area contributed by atoms with Crippen molar-refractivity contribution in [1.82, 2.24) is 14.8 Å². The highest BCUT2D eigenvalue weighted by atomic mass is 32.2. The lowest BCUT2D eigenvalue weighted by atomic mass is 10.2. The van der Waals surface area contributed by atoms with Crippen molar-refractivity contribution in [2.75, 3.05) is 5.32 Å². The molecule has 140 valence electrons. The molecule has 2 aromatic carbocycles. The van der Waals surface area contributed by atoms with E-state index >= 15 is 0 Å². The number of rotatable bonds is 6. The third-order valence-electron chi connectivity index (χ3n) is 4.53. The van der Waals surface area contributed by atoms with Crippen LogP contribution < -0.4 is 5.32 Å². The molecule has 1 aliphatic rings. The van der Waals surface area contributed by atoms with Crippen LogP contribution in [0.5, 0.6) is 0 Å². The van der Waals surface area contributed by atoms with Gasteiger partial charge in [-0.05, 0) is 50.1 Å². The molecular formula is C21H19N5OS. The summed E-state index contributed by atoms with van der Waals surface area (Å²) in [6.07, 6.45) is 2.25. The molecule has 1 aliphatic carbocycles. The number of nitriles is 1. The van der Waals surface area contributed by atoms with Crippen molar-refractivity contribution in [2.45, 2.75) is 36.1 Å². The summed E-state index contributed by atoms with van der Waals surface area (Å²) in [7, 11) is 0. The smallest absolute Gasteiger partial charge is 0.237 e. The van der Waals surface area contributed by atoms with Crippen LogP contribution in [0.3, 0.4) is 0 Å². The molecule has 0 aliphatic heterocycles. The molecule has 28 heavy (non-hydrogen) atoms. The molecule has 1 amide bonds. The van der Waals surface area contributed by atoms with E-state index in [4.69, 9.17) is 5.26 Å². The van der Waals surface area contributed by atoms with Crippen LogP contribution >= 0.6 is 11.8 Å². The van der Waals surface area contributed by atoms with Crippen molar-refractivity contribution in [3.63, 3.8) is 0 Å². The van der Waals surface area contributed by atoms with Crippen LogP contribution in [0.25, 0.3) is 5.69 Å². The second-order valence-corrected chi connectivity index (χ2v) is 8.04. The standard InChI is InChI=1S/C21H19N5OS/c1-14(20(27)23-17-7-5-6-15(12-17)13-22)28-21-25-24-19(16-10-11-16)26(21)18-8-3-2-4-9-18/h2-9,12,14,16H,10-11H2,1H3,(H,23,27). The van der Waals surface area contributed by atoms with Gasteiger partial charge in [-0.25, -0.2) is 0 Å². The molecule has 0 saturated heterocycles. The zero-order valence-corrected chi connectivity index (χ0v) is 16.2. The lowest BCUT2D eigenvalue weighted by molar-refractivity contribution is -0.115. The maximum absolute atomic E-state index is 12.6. The summed E-state index contributed by atoms with van der Waals surface area (Å²) >= 11 is 1.38. The summed E-state index contributed by atoms with van der Waals surface area (Å²) in [6.45, 7) is 1.84. The third kappa shape index (κ3) is 3.92. The van der Waals surface area contributed by atoms with Crippen LogP contribution in [0.15, 0.2) is 59.8 Å². The van der Waals surface area contributed by atoms with E-state index in [0.29, 0.717) is 22.3 Å². The van der Waals surface area contributed by atoms with Gasteiger partial charge in [0, 0.05) is 17.3 Å². The number of carbonyl (C=O) groups excluding carboxylic acids is 1. The van der Waals surface area contributed by atoms with Gasteiger partial charge in [0.25, 0.3) is 0 Å². The Hall–Kier alpha value is -3.11. The van der Waals surface area contributed by atoms with Crippen molar-refractivity contribution >= 4 is 23.4 Å². The summed E-state index contributed by atoms with van der Waals surface area (Å²) in [5.74, 6) is 1.26. The molecule has 1 aromatic heterocycles. The fraction of sp³-hybridized carbons (Fsp3) is 0.238. The van der Waals surface area contributed by atoms with Gasteiger partial charge in [-0.2, -0.15) is 5.26 Å². The summed E-state index contributed by atoms with van der Waals surface area (Å²) < 4.78 is 2.06. The SMILES string of the molecule is CC(Sc1nnc(C2CC2)n1-c1ccccc1)C(=O)Nc1cccc(C#N)c1. The Morgan fingerprint density at radius 2 is 2.00 bits per heavy atom. The van der Waals surface area contributed by atoms with E-state index in [-0.39, 0.29) is 11.2 Å². The molecule has 3 aromatic rings. The largest absolute Gasteiger partial charge is 0.325 e. The van der Waals surface area contributed by atoms with Gasteiger partial charge in [0.15, 0.2) is 5.16 Å². The number of aromatic nitrogens is 3. The van der Waals surface area contributed by atoms with Gasteiger partial charge in [0.05, 0.1) is 16.9 Å². The Kier molecular flexibility index (Phi) is 5.13. The molecule has 1 atom stereocenters. The third-order valence-corrected chi connectivity index (χ3v) is 5.57. The fourth-order valence-corrected chi connectivity index (χ4v) is 3.78. The number of carbonyl (C=O) groups is 1. The highest BCUT2D eigenvalue weighted by Crippen LogP contribution is 2.41. The Bertz CT molecular complexity index is 1040. The van der Waals surface area contributed by atoms with Crippen molar-refractivity contribution in [1.29, 1.82) is 5.26 Å². The quantitative estimate of drug-likeness (QED) is 0.641. The van der Waals surface area contributed by atoms with Crippen molar-refractivity contribution in [3.05, 3.63) is 66.0 Å². The first kappa shape index (κ1) is 18.3. The summed E-state index contributed by atoms with van der Waals surface area (Å²) in [4.78, 5) is 12.6. The van der Waals surface area contributed by atoms with E-state index in [2.05, 4.69) is 26.2 Å². The second-order valence-electron chi connectivity index (χ2n) is 6.73. The molecule has 1 fully saturated rings. The van der Waals surface area contributed by atoms with Crippen molar-refractivity contribution < 1.29 is 4.79 Å². The molecule has 0 bridgehead atoms. The van der Waals surface area contributed by atoms with Crippen LogP contribution in [0.2, 0.25) is 0 Å². The molecule has 4 rings (SSSR count). The highest BCUT2D eigenvalue weighted by molar-refractivity contribution is 8.00. The van der Waals surface area contributed by atoms with E-state index in [1.54, 1.807) is 24.3 Å². The zero-order valence-electron chi connectivity index (χ0n) is 15.4. The maximum atomic E-state index is 12.6. The van der Waals surface area contributed by atoms with Crippen molar-refractivity contribution in [2.24, 2.45) is 0 Å². The summed E-state index contributed by atoms with van der Waals surface area (Å²) in [6, 6.07) is 19.0. The number of thioether (sulfide) groups is 1. The van der Waals surface area contributed by atoms with Crippen molar-refractivity contribution in [3.8, 4) is 11.8 Å². The van der Waals surface area contributed by atoms with E-state index < -0.39 is 0 Å². The first-order chi connectivity index (χ1) is 13.7. The fourth-order valence-electron chi connectivity index (χ4n) is 2.91. The average Bonchev–Trinajstić information content (AvgIpc) is 3.49. The Balaban J connectivity index is 1.54. The van der Waals surface area contributed by atoms with E-state index in [9.17, 15) is 4.79 Å². The van der Waals surface area contributed by atoms with Crippen LogP contribution in [0, 0.1) is 11.3 Å². The van der Waals surface area contributed by atoms with Gasteiger partial charge in [0.2, 0.25) is 5.91 Å². The number of anilines is 1. The Labute approximate surface area is 167 Å². The monoisotopic (exact) mass is 389 g/mol. The van der Waals surface area contributed by atoms with Gasteiger partial charge >= 0.3 is 0 Å². The van der Waals surface area contributed by atoms with Gasteiger partial charge in [0.1, 0.15) is 5.82 Å². The number of benzene rings is 2. The molecule has 0 radical (unpaired) electrons. The number of para-hydroxylation sites is 1. The van der Waals surface area contributed by atoms with Crippen LogP contribution in [0.4, 0.5) is 5.69 Å². The minimum atomic E-state index is -0.371. The number of hydrogen-bond acceptors (Lipinski definition) is 5. The lowest BCUT2D eigenvalue weighted by Crippen LogP contribution is -2.23. The number of hydrogen-bond donors (Lipinski definition) is 1. The second kappa shape index (κ2) is 7.87. The summed E-state index contributed by atoms with van der Waals surface area (Å²) in [5, 5.41) is 21.0. The molecule has 6 nitrogen and oxygen atoms in total. The predicted octanol–water partition coefficient (Wildman–Crippen LogP) is 4.14. The van der Waals surface area contributed by atoms with E-state index in [1.165, 1.54) is 11.8 Å². The number of nitrogens with zero attached hydrogens (tertiary/aromatic N) is 4. The normalized spacial score (nSPS) is 14.3. The van der Waals surface area contributed by atoms with Gasteiger partial charge in [-0.3, -0.25) is 9.36 Å². The van der Waals surface area contributed by atoms with Gasteiger partial charge < -0.3 is 5.32 Å². The minimum absolute atomic E-state index is 0.143. The lowest BCUT2D eigenvalue weighted by Gasteiger charge is -2.14. The molecule has 7 heteroatoms. The maximum Gasteiger partial charge on any atom is 0.237 e. The van der Waals surface area contributed by atoms with Crippen LogP contribution in [0.1, 0.15) is 37.1 Å². The first-order valence-electron chi connectivity index (χ1n) is 9.14. The highest BCUT2D eigenvalue weighted by Gasteiger charge is 2.31. The molecule has 1 N–H and O–H groups in total. The van der Waals surface area contributed by atoms with E-state index in [0.717, 1.165) is 24.4 Å². The topological polar surface area (TPSA) is 83.6 Å². The number of amides is 1. The van der Waals surface area contributed by atoms with Crippen LogP contribution in [-0.4, -0.2) is 25.9 Å². The predicted molar refractivity (Wildman–Crippen MR) is 108 cm³/mol. The Morgan fingerprint density at radius 3 is 2.71 bits per heavy atom. The van der Waals surface area contributed by atoms with E-state index in [1.807, 2.05) is 37.3 Å². The first-order valence-corrected chi connectivity index (χ1v) is 10.0. The van der Waals surface area contributed by atoms with Gasteiger partial charge in [-0.1, -0.05) is 36.0 Å². The molecule has 1 heterocycles. The Morgan fingerprint density at radius 1 is 1.21 bits per heavy atom. The minimum Gasteiger partial charge on any atom is -0.325 e. The molecule has 1 unspecified atom stereocenters. The summed E-state index contributed by atoms with van der Waals surface area (Å²) in [5.41, 5.74) is 2.13. The van der Waals surface area contributed by atoms with Crippen LogP contribution in [-0.2, 0) is 4.79 Å². The zero-order chi connectivity index (χ0) is 19.5. The number of nitrogens with one attached hydrogen (secondary N) is 1. The molecule has 0 spiro atoms. The molecular weight excluding hydrogens is 370 g/mol. The molecule has 1 saturated carbocycles. The average molecular weight is 389 g/mol. The van der Waals surface area contributed by atoms with Gasteiger partial charge in [-0.15, -0.1) is 10.2 Å².